The number of methoxy groups -OCH3 is 1. The molecular formula is C20H26N4O3S. The maximum Gasteiger partial charge on any atom is 0.337 e. The third kappa shape index (κ3) is 5.08. The summed E-state index contributed by atoms with van der Waals surface area (Å²) >= 11 is 1.65. The van der Waals surface area contributed by atoms with Gasteiger partial charge in [-0.15, -0.1) is 11.3 Å². The topological polar surface area (TPSA) is 74.8 Å². The van der Waals surface area contributed by atoms with Crippen molar-refractivity contribution in [2.45, 2.75) is 25.9 Å². The Labute approximate surface area is 169 Å². The first kappa shape index (κ1) is 20.3. The van der Waals surface area contributed by atoms with Crippen LogP contribution in [-0.2, 0) is 16.1 Å². The van der Waals surface area contributed by atoms with Crippen molar-refractivity contribution >= 4 is 28.3 Å². The number of nitrogens with zero attached hydrogens (tertiary/aromatic N) is 3. The number of esters is 1. The van der Waals surface area contributed by atoms with E-state index in [1.54, 1.807) is 23.5 Å². The van der Waals surface area contributed by atoms with Gasteiger partial charge in [0, 0.05) is 44.3 Å². The van der Waals surface area contributed by atoms with Crippen LogP contribution in [0.25, 0.3) is 0 Å². The summed E-state index contributed by atoms with van der Waals surface area (Å²) in [5, 5.41) is 6.04. The van der Waals surface area contributed by atoms with E-state index in [0.717, 1.165) is 43.3 Å². The van der Waals surface area contributed by atoms with Crippen LogP contribution in [0, 0.1) is 0 Å². The molecule has 1 saturated heterocycles. The lowest BCUT2D eigenvalue weighted by Crippen LogP contribution is -2.46. The van der Waals surface area contributed by atoms with E-state index in [1.165, 1.54) is 7.11 Å². The van der Waals surface area contributed by atoms with Crippen LogP contribution < -0.4 is 10.2 Å². The Morgan fingerprint density at radius 3 is 2.68 bits per heavy atom. The molecule has 28 heavy (non-hydrogen) atoms. The van der Waals surface area contributed by atoms with Gasteiger partial charge in [-0.05, 0) is 31.0 Å². The first-order valence-electron chi connectivity index (χ1n) is 9.42. The number of anilines is 1. The number of amides is 1. The molecule has 2 aromatic rings. The maximum atomic E-state index is 12.6. The number of rotatable bonds is 6. The minimum Gasteiger partial charge on any atom is -0.465 e. The molecule has 1 aromatic carbocycles. The van der Waals surface area contributed by atoms with Crippen LogP contribution >= 0.6 is 11.3 Å². The molecule has 3 rings (SSSR count). The lowest BCUT2D eigenvalue weighted by atomic mass is 10.1. The fourth-order valence-corrected chi connectivity index (χ4v) is 3.96. The summed E-state index contributed by atoms with van der Waals surface area (Å²) in [6.07, 6.45) is 2.84. The number of thiazole rings is 1. The Bertz CT molecular complexity index is 779. The molecule has 8 heteroatoms. The van der Waals surface area contributed by atoms with E-state index in [2.05, 4.69) is 20.1 Å². The smallest absolute Gasteiger partial charge is 0.337 e. The SMILES string of the molecule is COC(=O)c1ccc(CNC(=O)C(C)N2CCCN(c3nccs3)CC2)cc1. The number of nitrogens with one attached hydrogen (secondary N) is 1. The molecule has 2 heterocycles. The van der Waals surface area contributed by atoms with Crippen molar-refractivity contribution in [1.29, 1.82) is 0 Å². The van der Waals surface area contributed by atoms with Gasteiger partial charge in [-0.25, -0.2) is 9.78 Å². The first-order chi connectivity index (χ1) is 13.6. The third-order valence-electron chi connectivity index (χ3n) is 4.99. The van der Waals surface area contributed by atoms with E-state index in [-0.39, 0.29) is 17.9 Å². The maximum absolute atomic E-state index is 12.6. The molecule has 0 radical (unpaired) electrons. The number of hydrogen-bond acceptors (Lipinski definition) is 7. The van der Waals surface area contributed by atoms with Crippen molar-refractivity contribution in [3.63, 3.8) is 0 Å². The minimum absolute atomic E-state index is 0.0137. The number of benzene rings is 1. The van der Waals surface area contributed by atoms with E-state index < -0.39 is 0 Å². The Kier molecular flexibility index (Phi) is 7.00. The van der Waals surface area contributed by atoms with Gasteiger partial charge < -0.3 is 15.0 Å². The second kappa shape index (κ2) is 9.66. The molecule has 150 valence electrons. The Balaban J connectivity index is 1.49. The lowest BCUT2D eigenvalue weighted by molar-refractivity contribution is -0.126. The van der Waals surface area contributed by atoms with Crippen LogP contribution in [0.4, 0.5) is 5.13 Å². The van der Waals surface area contributed by atoms with Crippen molar-refractivity contribution in [2.75, 3.05) is 38.2 Å². The average Bonchev–Trinajstić information content (AvgIpc) is 3.16. The van der Waals surface area contributed by atoms with E-state index in [0.29, 0.717) is 12.1 Å². The van der Waals surface area contributed by atoms with E-state index in [4.69, 9.17) is 4.74 Å². The highest BCUT2D eigenvalue weighted by Crippen LogP contribution is 2.19. The molecule has 0 bridgehead atoms. The van der Waals surface area contributed by atoms with Crippen LogP contribution in [0.2, 0.25) is 0 Å². The summed E-state index contributed by atoms with van der Waals surface area (Å²) in [7, 11) is 1.36. The van der Waals surface area contributed by atoms with Crippen LogP contribution in [0.3, 0.4) is 0 Å². The fourth-order valence-electron chi connectivity index (χ4n) is 3.27. The number of ether oxygens (including phenoxy) is 1. The minimum atomic E-state index is -0.364. The Hall–Kier alpha value is -2.45. The molecule has 7 nitrogen and oxygen atoms in total. The van der Waals surface area contributed by atoms with Crippen molar-refractivity contribution in [3.8, 4) is 0 Å². The molecule has 1 atom stereocenters. The van der Waals surface area contributed by atoms with Crippen molar-refractivity contribution in [2.24, 2.45) is 0 Å². The van der Waals surface area contributed by atoms with Crippen molar-refractivity contribution < 1.29 is 14.3 Å². The van der Waals surface area contributed by atoms with Gasteiger partial charge >= 0.3 is 5.97 Å². The number of hydrogen-bond donors (Lipinski definition) is 1. The van der Waals surface area contributed by atoms with Crippen LogP contribution in [0.5, 0.6) is 0 Å². The molecule has 0 aliphatic carbocycles. The summed E-state index contributed by atoms with van der Waals surface area (Å²) < 4.78 is 4.69. The normalized spacial score (nSPS) is 16.3. The summed E-state index contributed by atoms with van der Waals surface area (Å²) in [6.45, 7) is 5.95. The van der Waals surface area contributed by atoms with Gasteiger partial charge in [-0.3, -0.25) is 9.69 Å². The van der Waals surface area contributed by atoms with Gasteiger partial charge in [0.25, 0.3) is 0 Å². The first-order valence-corrected chi connectivity index (χ1v) is 10.3. The molecule has 1 aliphatic rings. The molecule has 1 N–H and O–H groups in total. The van der Waals surface area contributed by atoms with E-state index >= 15 is 0 Å². The monoisotopic (exact) mass is 402 g/mol. The molecular weight excluding hydrogens is 376 g/mol. The number of carbonyl (C=O) groups is 2. The summed E-state index contributed by atoms with van der Waals surface area (Å²) in [5.41, 5.74) is 1.44. The standard InChI is InChI=1S/C20H26N4O3S/c1-15(23-9-3-10-24(12-11-23)20-21-8-13-28-20)18(25)22-14-16-4-6-17(7-5-16)19(26)27-2/h4-8,13,15H,3,9-12,14H2,1-2H3,(H,22,25). The third-order valence-corrected chi connectivity index (χ3v) is 5.82. The predicted molar refractivity (Wildman–Crippen MR) is 110 cm³/mol. The number of carbonyl (C=O) groups excluding carboxylic acids is 2. The zero-order valence-corrected chi connectivity index (χ0v) is 17.1. The van der Waals surface area contributed by atoms with Crippen molar-refractivity contribution in [1.82, 2.24) is 15.2 Å². The number of aromatic nitrogens is 1. The summed E-state index contributed by atoms with van der Waals surface area (Å²) in [5.74, 6) is -0.350. The molecule has 0 spiro atoms. The largest absolute Gasteiger partial charge is 0.465 e. The van der Waals surface area contributed by atoms with Gasteiger partial charge in [0.1, 0.15) is 0 Å². The van der Waals surface area contributed by atoms with Gasteiger partial charge in [0.15, 0.2) is 5.13 Å². The zero-order valence-electron chi connectivity index (χ0n) is 16.3. The van der Waals surface area contributed by atoms with Gasteiger partial charge in [-0.2, -0.15) is 0 Å². The van der Waals surface area contributed by atoms with E-state index in [1.807, 2.05) is 30.6 Å². The molecule has 1 fully saturated rings. The lowest BCUT2D eigenvalue weighted by Gasteiger charge is -2.27. The highest BCUT2D eigenvalue weighted by molar-refractivity contribution is 7.13. The molecule has 1 unspecified atom stereocenters. The quantitative estimate of drug-likeness (QED) is 0.747. The second-order valence-electron chi connectivity index (χ2n) is 6.77. The highest BCUT2D eigenvalue weighted by atomic mass is 32.1. The second-order valence-corrected chi connectivity index (χ2v) is 7.65. The average molecular weight is 403 g/mol. The van der Waals surface area contributed by atoms with Crippen LogP contribution in [0.15, 0.2) is 35.8 Å². The molecule has 1 aliphatic heterocycles. The summed E-state index contributed by atoms with van der Waals surface area (Å²) in [6, 6.07) is 6.88. The predicted octanol–water partition coefficient (Wildman–Crippen LogP) is 2.15. The molecule has 1 aromatic heterocycles. The zero-order chi connectivity index (χ0) is 19.9. The van der Waals surface area contributed by atoms with Gasteiger partial charge in [-0.1, -0.05) is 12.1 Å². The van der Waals surface area contributed by atoms with Crippen molar-refractivity contribution in [3.05, 3.63) is 47.0 Å². The van der Waals surface area contributed by atoms with Gasteiger partial charge in [0.2, 0.25) is 5.91 Å². The Morgan fingerprint density at radius 1 is 1.21 bits per heavy atom. The fraction of sp³-hybridized carbons (Fsp3) is 0.450. The highest BCUT2D eigenvalue weighted by Gasteiger charge is 2.24. The van der Waals surface area contributed by atoms with Crippen LogP contribution in [-0.4, -0.2) is 61.1 Å². The summed E-state index contributed by atoms with van der Waals surface area (Å²) in [4.78, 5) is 33.0. The van der Waals surface area contributed by atoms with Gasteiger partial charge in [0.05, 0.1) is 18.7 Å². The Morgan fingerprint density at radius 2 is 2.00 bits per heavy atom. The molecule has 0 saturated carbocycles. The molecule has 1 amide bonds. The van der Waals surface area contributed by atoms with Crippen LogP contribution in [0.1, 0.15) is 29.3 Å². The van der Waals surface area contributed by atoms with E-state index in [9.17, 15) is 9.59 Å².